The Balaban J connectivity index is 2.03. The third-order valence-corrected chi connectivity index (χ3v) is 4.85. The number of aryl methyl sites for hydroxylation is 1. The molecule has 0 aromatic heterocycles. The van der Waals surface area contributed by atoms with Crippen molar-refractivity contribution in [3.63, 3.8) is 0 Å². The molecular formula is C19H24N2O4S. The number of ether oxygens (including phenoxy) is 1. The maximum absolute atomic E-state index is 12.3. The van der Waals surface area contributed by atoms with Crippen LogP contribution >= 0.6 is 0 Å². The van der Waals surface area contributed by atoms with Crippen molar-refractivity contribution in [2.24, 2.45) is 0 Å². The second kappa shape index (κ2) is 8.71. The number of benzene rings is 2. The van der Waals surface area contributed by atoms with Crippen molar-refractivity contribution in [1.29, 1.82) is 0 Å². The van der Waals surface area contributed by atoms with E-state index in [1.54, 1.807) is 12.1 Å². The summed E-state index contributed by atoms with van der Waals surface area (Å²) < 4.78 is 30.7. The van der Waals surface area contributed by atoms with Gasteiger partial charge in [-0.25, -0.2) is 8.42 Å². The number of anilines is 1. The molecule has 0 aliphatic rings. The molecule has 0 saturated carbocycles. The van der Waals surface area contributed by atoms with Crippen LogP contribution in [0.3, 0.4) is 0 Å². The fraction of sp³-hybridized carbons (Fsp3) is 0.316. The molecule has 1 N–H and O–H groups in total. The van der Waals surface area contributed by atoms with Crippen LogP contribution in [0.25, 0.3) is 0 Å². The number of hydrogen-bond acceptors (Lipinski definition) is 4. The normalized spacial score (nSPS) is 11.0. The van der Waals surface area contributed by atoms with Crippen LogP contribution in [0.2, 0.25) is 0 Å². The highest BCUT2D eigenvalue weighted by Crippen LogP contribution is 2.18. The Morgan fingerprint density at radius 3 is 2.46 bits per heavy atom. The predicted molar refractivity (Wildman–Crippen MR) is 103 cm³/mol. The molecular weight excluding hydrogens is 352 g/mol. The lowest BCUT2D eigenvalue weighted by molar-refractivity contribution is -0.119. The fourth-order valence-electron chi connectivity index (χ4n) is 2.41. The number of nitrogens with one attached hydrogen (secondary N) is 1. The number of amides is 1. The highest BCUT2D eigenvalue weighted by molar-refractivity contribution is 7.92. The standard InChI is InChI=1S/C19H24N2O4S/c1-4-25-18-7-5-6-16(12-18)13-20-19(22)14-21(26(3,23)24)17-10-8-15(2)9-11-17/h5-12H,4,13-14H2,1-3H3,(H,20,22). The first kappa shape index (κ1) is 19.8. The Labute approximate surface area is 154 Å². The van der Waals surface area contributed by atoms with Crippen molar-refractivity contribution in [1.82, 2.24) is 5.32 Å². The van der Waals surface area contributed by atoms with Crippen LogP contribution in [-0.4, -0.2) is 33.7 Å². The summed E-state index contributed by atoms with van der Waals surface area (Å²) in [5.74, 6) is 0.356. The van der Waals surface area contributed by atoms with Gasteiger partial charge in [0.25, 0.3) is 0 Å². The van der Waals surface area contributed by atoms with Gasteiger partial charge in [-0.3, -0.25) is 9.10 Å². The Morgan fingerprint density at radius 2 is 1.85 bits per heavy atom. The van der Waals surface area contributed by atoms with E-state index in [0.29, 0.717) is 18.8 Å². The third kappa shape index (κ3) is 5.77. The van der Waals surface area contributed by atoms with Crippen LogP contribution in [-0.2, 0) is 21.4 Å². The summed E-state index contributed by atoms with van der Waals surface area (Å²) in [5.41, 5.74) is 2.36. The first-order chi connectivity index (χ1) is 12.3. The van der Waals surface area contributed by atoms with Crippen LogP contribution in [0.1, 0.15) is 18.1 Å². The van der Waals surface area contributed by atoms with Crippen molar-refractivity contribution in [2.75, 3.05) is 23.7 Å². The number of nitrogens with zero attached hydrogens (tertiary/aromatic N) is 1. The molecule has 7 heteroatoms. The van der Waals surface area contributed by atoms with Gasteiger partial charge in [-0.05, 0) is 43.7 Å². The van der Waals surface area contributed by atoms with E-state index in [0.717, 1.165) is 27.4 Å². The Morgan fingerprint density at radius 1 is 1.15 bits per heavy atom. The number of carbonyl (C=O) groups excluding carboxylic acids is 1. The maximum atomic E-state index is 12.3. The first-order valence-corrected chi connectivity index (χ1v) is 10.2. The molecule has 6 nitrogen and oxygen atoms in total. The van der Waals surface area contributed by atoms with Gasteiger partial charge < -0.3 is 10.1 Å². The molecule has 0 bridgehead atoms. The minimum Gasteiger partial charge on any atom is -0.494 e. The van der Waals surface area contributed by atoms with E-state index in [1.807, 2.05) is 50.2 Å². The van der Waals surface area contributed by atoms with Crippen molar-refractivity contribution >= 4 is 21.6 Å². The lowest BCUT2D eigenvalue weighted by atomic mass is 10.2. The van der Waals surface area contributed by atoms with E-state index in [9.17, 15) is 13.2 Å². The van der Waals surface area contributed by atoms with Gasteiger partial charge in [0, 0.05) is 6.54 Å². The van der Waals surface area contributed by atoms with Gasteiger partial charge in [0.05, 0.1) is 18.6 Å². The number of hydrogen-bond donors (Lipinski definition) is 1. The van der Waals surface area contributed by atoms with Crippen molar-refractivity contribution in [3.8, 4) is 5.75 Å². The zero-order valence-electron chi connectivity index (χ0n) is 15.2. The number of rotatable bonds is 8. The topological polar surface area (TPSA) is 75.7 Å². The van der Waals surface area contributed by atoms with Crippen molar-refractivity contribution < 1.29 is 17.9 Å². The van der Waals surface area contributed by atoms with Gasteiger partial charge in [0.1, 0.15) is 12.3 Å². The summed E-state index contributed by atoms with van der Waals surface area (Å²) >= 11 is 0. The lowest BCUT2D eigenvalue weighted by Crippen LogP contribution is -2.40. The second-order valence-corrected chi connectivity index (χ2v) is 7.87. The van der Waals surface area contributed by atoms with Crippen LogP contribution < -0.4 is 14.4 Å². The van der Waals surface area contributed by atoms with Crippen LogP contribution in [0.15, 0.2) is 48.5 Å². The van der Waals surface area contributed by atoms with E-state index < -0.39 is 10.0 Å². The lowest BCUT2D eigenvalue weighted by Gasteiger charge is -2.22. The quantitative estimate of drug-likeness (QED) is 0.768. The van der Waals surface area contributed by atoms with Gasteiger partial charge in [0.2, 0.25) is 15.9 Å². The van der Waals surface area contributed by atoms with E-state index in [-0.39, 0.29) is 12.5 Å². The molecule has 2 rings (SSSR count). The molecule has 0 fully saturated rings. The van der Waals surface area contributed by atoms with Crippen LogP contribution in [0.4, 0.5) is 5.69 Å². The molecule has 0 saturated heterocycles. The highest BCUT2D eigenvalue weighted by Gasteiger charge is 2.20. The number of carbonyl (C=O) groups is 1. The summed E-state index contributed by atoms with van der Waals surface area (Å²) in [6.07, 6.45) is 1.09. The molecule has 0 aliphatic heterocycles. The molecule has 0 unspecified atom stereocenters. The SMILES string of the molecule is CCOc1cccc(CNC(=O)CN(c2ccc(C)cc2)S(C)(=O)=O)c1. The van der Waals surface area contributed by atoms with Gasteiger partial charge in [-0.15, -0.1) is 0 Å². The van der Waals surface area contributed by atoms with E-state index in [2.05, 4.69) is 5.32 Å². The van der Waals surface area contributed by atoms with Gasteiger partial charge in [-0.2, -0.15) is 0 Å². The average molecular weight is 376 g/mol. The predicted octanol–water partition coefficient (Wildman–Crippen LogP) is 2.48. The Bertz CT molecular complexity index is 848. The van der Waals surface area contributed by atoms with E-state index in [1.165, 1.54) is 0 Å². The van der Waals surface area contributed by atoms with E-state index in [4.69, 9.17) is 4.74 Å². The van der Waals surface area contributed by atoms with Gasteiger partial charge in [-0.1, -0.05) is 29.8 Å². The summed E-state index contributed by atoms with van der Waals surface area (Å²) in [6, 6.07) is 14.4. The van der Waals surface area contributed by atoms with Crippen LogP contribution in [0.5, 0.6) is 5.75 Å². The second-order valence-electron chi connectivity index (χ2n) is 5.96. The zero-order valence-corrected chi connectivity index (χ0v) is 16.0. The van der Waals surface area contributed by atoms with Gasteiger partial charge >= 0.3 is 0 Å². The fourth-order valence-corrected chi connectivity index (χ4v) is 3.27. The van der Waals surface area contributed by atoms with Crippen LogP contribution in [0, 0.1) is 6.92 Å². The Kier molecular flexibility index (Phi) is 6.63. The maximum Gasteiger partial charge on any atom is 0.241 e. The summed E-state index contributed by atoms with van der Waals surface area (Å²) in [7, 11) is -3.57. The first-order valence-electron chi connectivity index (χ1n) is 8.32. The highest BCUT2D eigenvalue weighted by atomic mass is 32.2. The molecule has 0 spiro atoms. The van der Waals surface area contributed by atoms with Crippen molar-refractivity contribution in [2.45, 2.75) is 20.4 Å². The summed E-state index contributed by atoms with van der Waals surface area (Å²) in [4.78, 5) is 12.3. The zero-order chi connectivity index (χ0) is 19.2. The molecule has 140 valence electrons. The molecule has 0 atom stereocenters. The number of sulfonamides is 1. The molecule has 2 aromatic carbocycles. The largest absolute Gasteiger partial charge is 0.494 e. The Hall–Kier alpha value is -2.54. The molecule has 0 heterocycles. The molecule has 0 aliphatic carbocycles. The third-order valence-electron chi connectivity index (χ3n) is 3.71. The van der Waals surface area contributed by atoms with Crippen molar-refractivity contribution in [3.05, 3.63) is 59.7 Å². The molecule has 0 radical (unpaired) electrons. The van der Waals surface area contributed by atoms with E-state index >= 15 is 0 Å². The summed E-state index contributed by atoms with van der Waals surface area (Å²) in [6.45, 7) is 4.41. The van der Waals surface area contributed by atoms with Gasteiger partial charge in [0.15, 0.2) is 0 Å². The average Bonchev–Trinajstić information content (AvgIpc) is 2.58. The monoisotopic (exact) mass is 376 g/mol. The minimum atomic E-state index is -3.57. The summed E-state index contributed by atoms with van der Waals surface area (Å²) in [5, 5.41) is 2.75. The molecule has 26 heavy (non-hydrogen) atoms. The smallest absolute Gasteiger partial charge is 0.241 e. The minimum absolute atomic E-state index is 0.271. The molecule has 1 amide bonds. The molecule has 2 aromatic rings.